The van der Waals surface area contributed by atoms with Crippen LogP contribution in [0, 0.1) is 11.3 Å². The third-order valence-electron chi connectivity index (χ3n) is 6.36. The van der Waals surface area contributed by atoms with Gasteiger partial charge in [-0.3, -0.25) is 14.4 Å². The minimum absolute atomic E-state index is 0.109. The number of rotatable bonds is 3. The van der Waals surface area contributed by atoms with Gasteiger partial charge in [-0.15, -0.1) is 0 Å². The van der Waals surface area contributed by atoms with E-state index in [0.29, 0.717) is 12.8 Å². The Morgan fingerprint density at radius 1 is 1.11 bits per heavy atom. The van der Waals surface area contributed by atoms with Gasteiger partial charge >= 0.3 is 5.97 Å². The number of hydrogen-bond donors (Lipinski definition) is 0. The van der Waals surface area contributed by atoms with Crippen LogP contribution < -0.4 is 0 Å². The highest BCUT2D eigenvalue weighted by Gasteiger charge is 2.63. The number of ether oxygens (including phenoxy) is 3. The van der Waals surface area contributed by atoms with E-state index in [1.54, 1.807) is 6.92 Å². The number of carbonyl (C=O) groups is 3. The van der Waals surface area contributed by atoms with E-state index in [2.05, 4.69) is 15.9 Å². The maximum absolute atomic E-state index is 13.6. The van der Waals surface area contributed by atoms with Gasteiger partial charge in [0.25, 0.3) is 0 Å². The fourth-order valence-electron chi connectivity index (χ4n) is 4.90. The summed E-state index contributed by atoms with van der Waals surface area (Å²) in [6.07, 6.45) is 7.43. The molecule has 158 valence electrons. The number of halogens is 1. The second-order valence-electron chi connectivity index (χ2n) is 8.11. The number of fused-ring (bicyclic) bond motifs is 2. The molecule has 0 aromatic heterocycles. The predicted octanol–water partition coefficient (Wildman–Crippen LogP) is 3.72. The van der Waals surface area contributed by atoms with E-state index in [1.165, 1.54) is 12.8 Å². The quantitative estimate of drug-likeness (QED) is 0.364. The molecule has 0 amide bonds. The maximum atomic E-state index is 13.6. The van der Waals surface area contributed by atoms with Gasteiger partial charge in [0.2, 0.25) is 12.1 Å². The Morgan fingerprint density at radius 2 is 1.75 bits per heavy atom. The molecule has 2 heterocycles. The topological polar surface area (TPSA) is 78.9 Å². The predicted molar refractivity (Wildman–Crippen MR) is 106 cm³/mol. The highest BCUT2D eigenvalue weighted by molar-refractivity contribution is 9.10. The van der Waals surface area contributed by atoms with Gasteiger partial charge in [-0.05, 0) is 19.8 Å². The third kappa shape index (κ3) is 4.21. The number of carbonyl (C=O) groups excluding carboxylic acids is 3. The molecule has 3 rings (SSSR count). The molecule has 0 spiro atoms. The van der Waals surface area contributed by atoms with Crippen LogP contribution in [-0.2, 0) is 28.6 Å². The minimum Gasteiger partial charge on any atom is -0.465 e. The molecule has 2 bridgehead atoms. The monoisotopic (exact) mass is 458 g/mol. The van der Waals surface area contributed by atoms with Gasteiger partial charge in [0, 0.05) is 12.3 Å². The van der Waals surface area contributed by atoms with E-state index < -0.39 is 34.5 Å². The van der Waals surface area contributed by atoms with Crippen LogP contribution in [0.5, 0.6) is 0 Å². The molecule has 5 atom stereocenters. The molecule has 3 aliphatic rings. The van der Waals surface area contributed by atoms with Crippen LogP contribution in [0.4, 0.5) is 0 Å². The zero-order valence-electron chi connectivity index (χ0n) is 16.6. The Morgan fingerprint density at radius 3 is 2.43 bits per heavy atom. The van der Waals surface area contributed by atoms with Crippen molar-refractivity contribution in [2.24, 2.45) is 11.3 Å². The number of Topliss-reactive ketones (excluding diaryl/α,β-unsaturated/α-hetero) is 2. The lowest BCUT2D eigenvalue weighted by molar-refractivity contribution is -0.178. The Balaban J connectivity index is 1.98. The van der Waals surface area contributed by atoms with Gasteiger partial charge in [-0.1, -0.05) is 60.9 Å². The minimum atomic E-state index is -1.36. The summed E-state index contributed by atoms with van der Waals surface area (Å²) in [5, 5.41) is 0. The smallest absolute Gasteiger partial charge is 0.320 e. The van der Waals surface area contributed by atoms with Crippen LogP contribution in [0.3, 0.4) is 0 Å². The van der Waals surface area contributed by atoms with Crippen LogP contribution in [0.2, 0.25) is 0 Å². The van der Waals surface area contributed by atoms with Gasteiger partial charge in [0.1, 0.15) is 5.41 Å². The normalized spacial score (nSPS) is 37.8. The first kappa shape index (κ1) is 21.9. The van der Waals surface area contributed by atoms with E-state index in [0.717, 1.165) is 38.5 Å². The lowest BCUT2D eigenvalue weighted by Crippen LogP contribution is -2.58. The summed E-state index contributed by atoms with van der Waals surface area (Å²) in [4.78, 5) is 38.9. The first-order valence-corrected chi connectivity index (χ1v) is 11.6. The molecular formula is C21H31BrO6. The van der Waals surface area contributed by atoms with E-state index in [1.807, 2.05) is 0 Å². The molecule has 0 aromatic carbocycles. The van der Waals surface area contributed by atoms with Crippen molar-refractivity contribution < 1.29 is 28.6 Å². The molecule has 28 heavy (non-hydrogen) atoms. The van der Waals surface area contributed by atoms with Crippen LogP contribution in [0.25, 0.3) is 0 Å². The molecule has 1 aliphatic carbocycles. The summed E-state index contributed by atoms with van der Waals surface area (Å²) in [5.74, 6) is -1.47. The van der Waals surface area contributed by atoms with E-state index in [4.69, 9.17) is 14.2 Å². The number of esters is 1. The van der Waals surface area contributed by atoms with Crippen LogP contribution in [0.15, 0.2) is 0 Å². The first-order chi connectivity index (χ1) is 13.5. The summed E-state index contributed by atoms with van der Waals surface area (Å²) in [6.45, 7) is 2.16. The number of ketones is 2. The molecule has 1 unspecified atom stereocenters. The highest BCUT2D eigenvalue weighted by atomic mass is 79.9. The van der Waals surface area contributed by atoms with Gasteiger partial charge in [0.15, 0.2) is 5.78 Å². The first-order valence-electron chi connectivity index (χ1n) is 10.7. The van der Waals surface area contributed by atoms with Crippen molar-refractivity contribution in [3.05, 3.63) is 0 Å². The van der Waals surface area contributed by atoms with Gasteiger partial charge in [-0.25, -0.2) is 0 Å². The molecule has 0 N–H and O–H groups in total. The Bertz CT molecular complexity index is 593. The van der Waals surface area contributed by atoms with Crippen LogP contribution in [-0.4, -0.2) is 48.0 Å². The highest BCUT2D eigenvalue weighted by Crippen LogP contribution is 2.49. The zero-order chi connectivity index (χ0) is 20.1. The standard InChI is InChI=1S/C21H31BrO6/c1-2-26-20(25)21(16-14-13-27-19(28-14)18(24)17(16)22)12-10-8-6-4-3-5-7-9-11-15(21)23/h14,16-17,19H,2-13H2,1H3/t14-,16-,17-,19-,21?/m1/s1. The maximum Gasteiger partial charge on any atom is 0.320 e. The molecule has 0 radical (unpaired) electrons. The summed E-state index contributed by atoms with van der Waals surface area (Å²) < 4.78 is 16.7. The van der Waals surface area contributed by atoms with E-state index >= 15 is 0 Å². The Hall–Kier alpha value is -0.790. The summed E-state index contributed by atoms with van der Waals surface area (Å²) >= 11 is 3.50. The molecular weight excluding hydrogens is 428 g/mol. The largest absolute Gasteiger partial charge is 0.465 e. The fourth-order valence-corrected chi connectivity index (χ4v) is 5.90. The summed E-state index contributed by atoms with van der Waals surface area (Å²) in [7, 11) is 0. The second kappa shape index (κ2) is 9.81. The SMILES string of the molecule is CCOC(=O)C1([C@@H]2[C@H]3CO[C@H](O3)C(=O)[C@@H]2Br)CCCCCCCCCCC1=O. The van der Waals surface area contributed by atoms with Crippen molar-refractivity contribution in [2.45, 2.75) is 88.4 Å². The lowest BCUT2D eigenvalue weighted by Gasteiger charge is -2.43. The molecule has 0 aromatic rings. The Labute approximate surface area is 175 Å². The van der Waals surface area contributed by atoms with Crippen LogP contribution in [0.1, 0.15) is 71.1 Å². The molecule has 3 fully saturated rings. The van der Waals surface area contributed by atoms with Crippen molar-refractivity contribution in [1.29, 1.82) is 0 Å². The average molecular weight is 459 g/mol. The van der Waals surface area contributed by atoms with Crippen molar-refractivity contribution in [1.82, 2.24) is 0 Å². The molecule has 7 heteroatoms. The van der Waals surface area contributed by atoms with Crippen molar-refractivity contribution >= 4 is 33.5 Å². The molecule has 2 aliphatic heterocycles. The van der Waals surface area contributed by atoms with Crippen LogP contribution >= 0.6 is 15.9 Å². The van der Waals surface area contributed by atoms with Crippen molar-refractivity contribution in [2.75, 3.05) is 13.2 Å². The Kier molecular flexibility index (Phi) is 7.67. The number of alkyl halides is 1. The van der Waals surface area contributed by atoms with E-state index in [-0.39, 0.29) is 24.8 Å². The molecule has 1 saturated carbocycles. The van der Waals surface area contributed by atoms with Crippen molar-refractivity contribution in [3.8, 4) is 0 Å². The zero-order valence-corrected chi connectivity index (χ0v) is 18.2. The van der Waals surface area contributed by atoms with Crippen molar-refractivity contribution in [3.63, 3.8) is 0 Å². The molecule has 6 nitrogen and oxygen atoms in total. The van der Waals surface area contributed by atoms with Gasteiger partial charge < -0.3 is 14.2 Å². The van der Waals surface area contributed by atoms with Gasteiger partial charge in [-0.2, -0.15) is 0 Å². The van der Waals surface area contributed by atoms with Gasteiger partial charge in [0.05, 0.1) is 24.1 Å². The third-order valence-corrected chi connectivity index (χ3v) is 7.38. The summed E-state index contributed by atoms with van der Waals surface area (Å²) in [6, 6.07) is 0. The summed E-state index contributed by atoms with van der Waals surface area (Å²) in [5.41, 5.74) is -1.36. The average Bonchev–Trinajstić information content (AvgIpc) is 3.11. The van der Waals surface area contributed by atoms with E-state index in [9.17, 15) is 14.4 Å². The molecule has 2 saturated heterocycles. The number of hydrogen-bond acceptors (Lipinski definition) is 6. The second-order valence-corrected chi connectivity index (χ2v) is 9.10. The fraction of sp³-hybridized carbons (Fsp3) is 0.857. The lowest BCUT2D eigenvalue weighted by atomic mass is 9.63.